The van der Waals surface area contributed by atoms with Crippen molar-refractivity contribution in [1.29, 1.82) is 0 Å². The molecule has 0 bridgehead atoms. The second-order valence-corrected chi connectivity index (χ2v) is 9.63. The van der Waals surface area contributed by atoms with Crippen LogP contribution in [0.2, 0.25) is 0 Å². The molecule has 2 aromatic heterocycles. The topological polar surface area (TPSA) is 70.8 Å². The summed E-state index contributed by atoms with van der Waals surface area (Å²) in [4.78, 5) is 29.1. The van der Waals surface area contributed by atoms with Crippen LogP contribution >= 0.6 is 27.3 Å². The molecular formula is C25H18BrNO4S. The first-order valence-electron chi connectivity index (χ1n) is 9.96. The number of anilines is 1. The smallest absolute Gasteiger partial charge is 0.294 e. The molecule has 5 rings (SSSR count). The van der Waals surface area contributed by atoms with Gasteiger partial charge in [0.1, 0.15) is 11.6 Å². The van der Waals surface area contributed by atoms with Crippen LogP contribution in [-0.2, 0) is 4.79 Å². The number of halogens is 1. The summed E-state index contributed by atoms with van der Waals surface area (Å²) in [6.07, 6.45) is 0. The number of nitrogens with zero attached hydrogens (tertiary/aromatic N) is 1. The summed E-state index contributed by atoms with van der Waals surface area (Å²) in [5.41, 5.74) is 3.19. The molecule has 32 heavy (non-hydrogen) atoms. The third kappa shape index (κ3) is 3.29. The first-order chi connectivity index (χ1) is 15.3. The van der Waals surface area contributed by atoms with E-state index in [1.54, 1.807) is 12.1 Å². The largest absolute Gasteiger partial charge is 0.503 e. The molecule has 0 saturated heterocycles. The number of amides is 1. The molecule has 1 unspecified atom stereocenters. The highest BCUT2D eigenvalue weighted by molar-refractivity contribution is 9.10. The SMILES string of the molecule is Cc1ccc(N2C(=O)C(O)=C(C(=O)c3cc4cc(Br)ccc4o3)C2c2sccc2C)cc1. The molecule has 0 saturated carbocycles. The predicted octanol–water partition coefficient (Wildman–Crippen LogP) is 6.66. The summed E-state index contributed by atoms with van der Waals surface area (Å²) < 4.78 is 6.65. The maximum absolute atomic E-state index is 13.6. The molecule has 5 nitrogen and oxygen atoms in total. The number of hydrogen-bond donors (Lipinski definition) is 1. The summed E-state index contributed by atoms with van der Waals surface area (Å²) in [6.45, 7) is 3.89. The zero-order valence-electron chi connectivity index (χ0n) is 17.3. The Bertz CT molecular complexity index is 1410. The van der Waals surface area contributed by atoms with Crippen LogP contribution in [0, 0.1) is 13.8 Å². The second kappa shape index (κ2) is 7.76. The van der Waals surface area contributed by atoms with Gasteiger partial charge in [-0.1, -0.05) is 33.6 Å². The Kier molecular flexibility index (Phi) is 5.03. The van der Waals surface area contributed by atoms with Gasteiger partial charge in [-0.05, 0) is 67.3 Å². The molecule has 0 fully saturated rings. The van der Waals surface area contributed by atoms with E-state index in [0.717, 1.165) is 25.9 Å². The van der Waals surface area contributed by atoms with Gasteiger partial charge in [0.2, 0.25) is 5.78 Å². The number of fused-ring (bicyclic) bond motifs is 1. The Morgan fingerprint density at radius 2 is 1.84 bits per heavy atom. The molecule has 3 heterocycles. The van der Waals surface area contributed by atoms with Crippen molar-refractivity contribution >= 4 is 55.6 Å². The Morgan fingerprint density at radius 1 is 1.09 bits per heavy atom. The first-order valence-corrected chi connectivity index (χ1v) is 11.6. The number of Topliss-reactive ketones (excluding diaryl/α,β-unsaturated/α-hetero) is 1. The normalized spacial score (nSPS) is 16.4. The van der Waals surface area contributed by atoms with E-state index in [9.17, 15) is 14.7 Å². The molecule has 4 aromatic rings. The van der Waals surface area contributed by atoms with E-state index < -0.39 is 23.5 Å². The van der Waals surface area contributed by atoms with Crippen molar-refractivity contribution in [3.8, 4) is 0 Å². The van der Waals surface area contributed by atoms with Gasteiger partial charge in [-0.15, -0.1) is 11.3 Å². The van der Waals surface area contributed by atoms with Crippen molar-refractivity contribution < 1.29 is 19.1 Å². The van der Waals surface area contributed by atoms with Crippen molar-refractivity contribution in [2.24, 2.45) is 0 Å². The van der Waals surface area contributed by atoms with E-state index in [1.807, 2.05) is 61.7 Å². The molecular weight excluding hydrogens is 490 g/mol. The number of thiophene rings is 1. The molecule has 2 aromatic carbocycles. The lowest BCUT2D eigenvalue weighted by molar-refractivity contribution is -0.117. The Labute approximate surface area is 196 Å². The molecule has 0 radical (unpaired) electrons. The van der Waals surface area contributed by atoms with Gasteiger partial charge in [0.15, 0.2) is 11.5 Å². The van der Waals surface area contributed by atoms with Crippen LogP contribution in [0.4, 0.5) is 5.69 Å². The van der Waals surface area contributed by atoms with E-state index in [4.69, 9.17) is 4.42 Å². The van der Waals surface area contributed by atoms with Gasteiger partial charge in [0, 0.05) is 20.4 Å². The number of benzene rings is 2. The summed E-state index contributed by atoms with van der Waals surface area (Å²) in [7, 11) is 0. The monoisotopic (exact) mass is 507 g/mol. The third-order valence-corrected chi connectivity index (χ3v) is 7.18. The van der Waals surface area contributed by atoms with Crippen molar-refractivity contribution in [3.05, 3.63) is 97.5 Å². The quantitative estimate of drug-likeness (QED) is 0.313. The lowest BCUT2D eigenvalue weighted by atomic mass is 9.98. The van der Waals surface area contributed by atoms with Crippen LogP contribution in [0.25, 0.3) is 11.0 Å². The maximum atomic E-state index is 13.6. The van der Waals surface area contributed by atoms with E-state index in [2.05, 4.69) is 15.9 Å². The molecule has 0 spiro atoms. The van der Waals surface area contributed by atoms with Crippen LogP contribution in [0.1, 0.15) is 32.6 Å². The highest BCUT2D eigenvalue weighted by Gasteiger charge is 2.46. The zero-order chi connectivity index (χ0) is 22.6. The van der Waals surface area contributed by atoms with E-state index in [0.29, 0.717) is 11.3 Å². The predicted molar refractivity (Wildman–Crippen MR) is 128 cm³/mol. The highest BCUT2D eigenvalue weighted by atomic mass is 79.9. The number of carbonyl (C=O) groups is 2. The summed E-state index contributed by atoms with van der Waals surface area (Å²) in [5, 5.41) is 13.5. The fraction of sp³-hybridized carbons (Fsp3) is 0.120. The van der Waals surface area contributed by atoms with Gasteiger partial charge in [0.05, 0.1) is 5.57 Å². The third-order valence-electron chi connectivity index (χ3n) is 5.62. The number of furan rings is 1. The van der Waals surface area contributed by atoms with Crippen molar-refractivity contribution in [3.63, 3.8) is 0 Å². The standard InChI is InChI=1S/C25H18BrNO4S/c1-13-3-6-17(7-4-13)27-21(24-14(2)9-10-32-24)20(23(29)25(27)30)22(28)19-12-15-11-16(26)5-8-18(15)31-19/h3-12,21,29H,1-2H3. The number of aliphatic hydroxyl groups is 1. The highest BCUT2D eigenvalue weighted by Crippen LogP contribution is 2.45. The van der Waals surface area contributed by atoms with Gasteiger partial charge >= 0.3 is 0 Å². The van der Waals surface area contributed by atoms with Crippen LogP contribution < -0.4 is 4.90 Å². The minimum Gasteiger partial charge on any atom is -0.503 e. The van der Waals surface area contributed by atoms with Crippen LogP contribution in [0.5, 0.6) is 0 Å². The first kappa shape index (κ1) is 20.7. The molecule has 1 aliphatic rings. The number of carbonyl (C=O) groups excluding carboxylic acids is 2. The zero-order valence-corrected chi connectivity index (χ0v) is 19.7. The van der Waals surface area contributed by atoms with Gasteiger partial charge in [-0.2, -0.15) is 0 Å². The minimum atomic E-state index is -0.738. The van der Waals surface area contributed by atoms with Gasteiger partial charge in [-0.25, -0.2) is 0 Å². The molecule has 1 atom stereocenters. The van der Waals surface area contributed by atoms with Crippen molar-refractivity contribution in [2.45, 2.75) is 19.9 Å². The lowest BCUT2D eigenvalue weighted by Gasteiger charge is -2.26. The van der Waals surface area contributed by atoms with Crippen molar-refractivity contribution in [2.75, 3.05) is 4.90 Å². The fourth-order valence-corrected chi connectivity index (χ4v) is 5.38. The molecule has 0 aliphatic carbocycles. The summed E-state index contributed by atoms with van der Waals surface area (Å²) in [5.74, 6) is -1.57. The van der Waals surface area contributed by atoms with Gasteiger partial charge < -0.3 is 9.52 Å². The number of aryl methyl sites for hydroxylation is 2. The maximum Gasteiger partial charge on any atom is 0.294 e. The number of aliphatic hydroxyl groups excluding tert-OH is 1. The summed E-state index contributed by atoms with van der Waals surface area (Å²) >= 11 is 4.87. The molecule has 160 valence electrons. The molecule has 1 amide bonds. The van der Waals surface area contributed by atoms with Crippen molar-refractivity contribution in [1.82, 2.24) is 0 Å². The number of hydrogen-bond acceptors (Lipinski definition) is 5. The lowest BCUT2D eigenvalue weighted by Crippen LogP contribution is -2.30. The van der Waals surface area contributed by atoms with Crippen LogP contribution in [0.15, 0.2) is 80.2 Å². The van der Waals surface area contributed by atoms with Gasteiger partial charge in [0.25, 0.3) is 5.91 Å². The fourth-order valence-electron chi connectivity index (χ4n) is 3.98. The average molecular weight is 508 g/mol. The van der Waals surface area contributed by atoms with Gasteiger partial charge in [-0.3, -0.25) is 14.5 Å². The van der Waals surface area contributed by atoms with Crippen LogP contribution in [-0.4, -0.2) is 16.8 Å². The summed E-state index contributed by atoms with van der Waals surface area (Å²) in [6, 6.07) is 15.7. The van der Waals surface area contributed by atoms with E-state index in [-0.39, 0.29) is 11.3 Å². The number of rotatable bonds is 4. The molecule has 1 aliphatic heterocycles. The Hall–Kier alpha value is -3.16. The average Bonchev–Trinajstić information content (AvgIpc) is 3.45. The second-order valence-electron chi connectivity index (χ2n) is 7.77. The minimum absolute atomic E-state index is 0.0271. The Balaban J connectivity index is 1.66. The van der Waals surface area contributed by atoms with Crippen LogP contribution in [0.3, 0.4) is 0 Å². The van der Waals surface area contributed by atoms with E-state index >= 15 is 0 Å². The van der Waals surface area contributed by atoms with E-state index in [1.165, 1.54) is 16.2 Å². The molecule has 7 heteroatoms. The number of ketones is 1. The Morgan fingerprint density at radius 3 is 2.53 bits per heavy atom. The molecule has 1 N–H and O–H groups in total.